The molecule has 1 saturated heterocycles. The van der Waals surface area contributed by atoms with E-state index in [0.717, 1.165) is 57.1 Å². The topological polar surface area (TPSA) is 67.9 Å². The van der Waals surface area contributed by atoms with Crippen LogP contribution in [0, 0.1) is 0 Å². The Hall–Kier alpha value is -1.92. The SMILES string of the molecule is COCCN1C(=O)c2ccccc2[C@@H](C(=O)NC[C@H]2CCCO2)C12CCCCC2. The van der Waals surface area contributed by atoms with E-state index in [-0.39, 0.29) is 23.8 Å². The number of nitrogens with one attached hydrogen (secondary N) is 1. The first-order valence-electron chi connectivity index (χ1n) is 11.0. The van der Waals surface area contributed by atoms with E-state index in [1.807, 2.05) is 29.2 Å². The van der Waals surface area contributed by atoms with Crippen molar-refractivity contribution in [1.29, 1.82) is 0 Å². The fourth-order valence-electron chi connectivity index (χ4n) is 5.47. The molecular weight excluding hydrogens is 368 g/mol. The highest BCUT2D eigenvalue weighted by Crippen LogP contribution is 2.49. The van der Waals surface area contributed by atoms with Gasteiger partial charge in [-0.2, -0.15) is 0 Å². The Labute approximate surface area is 172 Å². The van der Waals surface area contributed by atoms with Crippen molar-refractivity contribution < 1.29 is 19.1 Å². The summed E-state index contributed by atoms with van der Waals surface area (Å²) in [6.45, 7) is 2.30. The average molecular weight is 401 g/mol. The molecule has 1 spiro atoms. The molecular formula is C23H32N2O4. The molecule has 0 bridgehead atoms. The third kappa shape index (κ3) is 3.80. The van der Waals surface area contributed by atoms with Gasteiger partial charge in [-0.15, -0.1) is 0 Å². The minimum absolute atomic E-state index is 0.0183. The smallest absolute Gasteiger partial charge is 0.254 e. The summed E-state index contributed by atoms with van der Waals surface area (Å²) in [6, 6.07) is 7.64. The molecule has 4 rings (SSSR count). The molecule has 29 heavy (non-hydrogen) atoms. The third-order valence-corrected chi connectivity index (χ3v) is 6.85. The maximum absolute atomic E-state index is 13.6. The highest BCUT2D eigenvalue weighted by atomic mass is 16.5. The molecule has 1 aromatic carbocycles. The Morgan fingerprint density at radius 3 is 2.76 bits per heavy atom. The Morgan fingerprint density at radius 2 is 2.03 bits per heavy atom. The van der Waals surface area contributed by atoms with Crippen molar-refractivity contribution in [1.82, 2.24) is 10.2 Å². The van der Waals surface area contributed by atoms with E-state index < -0.39 is 5.54 Å². The van der Waals surface area contributed by atoms with Gasteiger partial charge >= 0.3 is 0 Å². The Kier molecular flexibility index (Phi) is 6.20. The van der Waals surface area contributed by atoms with Crippen LogP contribution in [-0.2, 0) is 14.3 Å². The quantitative estimate of drug-likeness (QED) is 0.797. The number of hydrogen-bond acceptors (Lipinski definition) is 4. The molecule has 0 radical (unpaired) electrons. The molecule has 1 N–H and O–H groups in total. The first-order chi connectivity index (χ1) is 14.2. The molecule has 1 aliphatic carbocycles. The minimum Gasteiger partial charge on any atom is -0.383 e. The van der Waals surface area contributed by atoms with Crippen LogP contribution in [0.4, 0.5) is 0 Å². The van der Waals surface area contributed by atoms with Gasteiger partial charge < -0.3 is 19.7 Å². The zero-order chi connectivity index (χ0) is 20.3. The molecule has 2 amide bonds. The molecule has 6 heteroatoms. The summed E-state index contributed by atoms with van der Waals surface area (Å²) in [6.07, 6.45) is 7.08. The van der Waals surface area contributed by atoms with Gasteiger partial charge in [-0.3, -0.25) is 9.59 Å². The van der Waals surface area contributed by atoms with Crippen LogP contribution in [0.5, 0.6) is 0 Å². The maximum atomic E-state index is 13.6. The lowest BCUT2D eigenvalue weighted by atomic mass is 9.65. The largest absolute Gasteiger partial charge is 0.383 e. The van der Waals surface area contributed by atoms with E-state index in [9.17, 15) is 9.59 Å². The Balaban J connectivity index is 1.70. The monoisotopic (exact) mass is 400 g/mol. The van der Waals surface area contributed by atoms with Crippen molar-refractivity contribution in [3.8, 4) is 0 Å². The van der Waals surface area contributed by atoms with Gasteiger partial charge in [0.1, 0.15) is 0 Å². The fourth-order valence-corrected chi connectivity index (χ4v) is 5.47. The molecule has 2 atom stereocenters. The maximum Gasteiger partial charge on any atom is 0.254 e. The summed E-state index contributed by atoms with van der Waals surface area (Å²) in [7, 11) is 1.65. The number of nitrogens with zero attached hydrogens (tertiary/aromatic N) is 1. The lowest BCUT2D eigenvalue weighted by Crippen LogP contribution is -2.63. The van der Waals surface area contributed by atoms with Crippen LogP contribution in [-0.4, -0.2) is 61.8 Å². The van der Waals surface area contributed by atoms with Gasteiger partial charge in [0.25, 0.3) is 5.91 Å². The molecule has 3 aliphatic rings. The van der Waals surface area contributed by atoms with Crippen LogP contribution in [0.15, 0.2) is 24.3 Å². The third-order valence-electron chi connectivity index (χ3n) is 6.85. The number of benzene rings is 1. The zero-order valence-electron chi connectivity index (χ0n) is 17.3. The van der Waals surface area contributed by atoms with Crippen LogP contribution in [0.25, 0.3) is 0 Å². The summed E-state index contributed by atoms with van der Waals surface area (Å²) in [5.74, 6) is -0.303. The molecule has 1 saturated carbocycles. The minimum atomic E-state index is -0.469. The van der Waals surface area contributed by atoms with E-state index in [0.29, 0.717) is 25.3 Å². The van der Waals surface area contributed by atoms with Crippen molar-refractivity contribution in [2.45, 2.75) is 62.5 Å². The van der Waals surface area contributed by atoms with Gasteiger partial charge in [-0.1, -0.05) is 37.5 Å². The summed E-state index contributed by atoms with van der Waals surface area (Å²) < 4.78 is 11.0. The number of amides is 2. The van der Waals surface area contributed by atoms with Crippen molar-refractivity contribution in [2.75, 3.05) is 33.4 Å². The lowest BCUT2D eigenvalue weighted by Gasteiger charge is -2.53. The van der Waals surface area contributed by atoms with Crippen molar-refractivity contribution in [3.63, 3.8) is 0 Å². The van der Waals surface area contributed by atoms with E-state index in [2.05, 4.69) is 5.32 Å². The van der Waals surface area contributed by atoms with Gasteiger partial charge in [-0.25, -0.2) is 0 Å². The first kappa shape index (κ1) is 20.4. The first-order valence-corrected chi connectivity index (χ1v) is 11.0. The van der Waals surface area contributed by atoms with E-state index in [4.69, 9.17) is 9.47 Å². The molecule has 1 aromatic rings. The molecule has 2 fully saturated rings. The highest BCUT2D eigenvalue weighted by molar-refractivity contribution is 6.02. The van der Waals surface area contributed by atoms with Gasteiger partial charge in [-0.05, 0) is 37.3 Å². The van der Waals surface area contributed by atoms with Crippen LogP contribution in [0.2, 0.25) is 0 Å². The van der Waals surface area contributed by atoms with Crippen molar-refractivity contribution in [2.24, 2.45) is 0 Å². The second kappa shape index (κ2) is 8.84. The Bertz CT molecular complexity index is 738. The van der Waals surface area contributed by atoms with Gasteiger partial charge in [0.15, 0.2) is 0 Å². The summed E-state index contributed by atoms with van der Waals surface area (Å²) in [5, 5.41) is 3.17. The summed E-state index contributed by atoms with van der Waals surface area (Å²) in [4.78, 5) is 29.0. The van der Waals surface area contributed by atoms with Crippen LogP contribution in [0.3, 0.4) is 0 Å². The molecule has 0 aromatic heterocycles. The molecule has 2 aliphatic heterocycles. The predicted octanol–water partition coefficient (Wildman–Crippen LogP) is 2.87. The number of fused-ring (bicyclic) bond motifs is 1. The standard InChI is InChI=1S/C23H32N2O4/c1-28-15-13-25-22(27)19-10-4-3-9-18(19)20(23(25)11-5-2-6-12-23)21(26)24-16-17-8-7-14-29-17/h3-4,9-10,17,20H,2,5-8,11-16H2,1H3,(H,24,26)/t17-,20+/m1/s1. The van der Waals surface area contributed by atoms with Gasteiger partial charge in [0, 0.05) is 32.4 Å². The highest BCUT2D eigenvalue weighted by Gasteiger charge is 2.54. The molecule has 6 nitrogen and oxygen atoms in total. The second-order valence-electron chi connectivity index (χ2n) is 8.51. The number of ether oxygens (including phenoxy) is 2. The van der Waals surface area contributed by atoms with Crippen molar-refractivity contribution in [3.05, 3.63) is 35.4 Å². The summed E-state index contributed by atoms with van der Waals surface area (Å²) in [5.41, 5.74) is 1.05. The van der Waals surface area contributed by atoms with E-state index in [1.165, 1.54) is 0 Å². The lowest BCUT2D eigenvalue weighted by molar-refractivity contribution is -0.128. The van der Waals surface area contributed by atoms with Crippen LogP contribution < -0.4 is 5.32 Å². The zero-order valence-corrected chi connectivity index (χ0v) is 17.3. The van der Waals surface area contributed by atoms with Gasteiger partial charge in [0.05, 0.1) is 24.2 Å². The molecule has 158 valence electrons. The van der Waals surface area contributed by atoms with Crippen LogP contribution in [0.1, 0.15) is 66.8 Å². The van der Waals surface area contributed by atoms with E-state index in [1.54, 1.807) is 7.11 Å². The average Bonchev–Trinajstić information content (AvgIpc) is 3.27. The van der Waals surface area contributed by atoms with Crippen molar-refractivity contribution >= 4 is 11.8 Å². The number of carbonyl (C=O) groups is 2. The van der Waals surface area contributed by atoms with Gasteiger partial charge in [0.2, 0.25) is 5.91 Å². The van der Waals surface area contributed by atoms with E-state index >= 15 is 0 Å². The predicted molar refractivity (Wildman–Crippen MR) is 110 cm³/mol. The number of hydrogen-bond donors (Lipinski definition) is 1. The Morgan fingerprint density at radius 1 is 1.24 bits per heavy atom. The second-order valence-corrected chi connectivity index (χ2v) is 8.51. The molecule has 2 heterocycles. The normalized spacial score (nSPS) is 25.8. The van der Waals surface area contributed by atoms with Crippen LogP contribution >= 0.6 is 0 Å². The number of methoxy groups -OCH3 is 1. The number of rotatable bonds is 6. The number of carbonyl (C=O) groups excluding carboxylic acids is 2. The summed E-state index contributed by atoms with van der Waals surface area (Å²) >= 11 is 0. The fraction of sp³-hybridized carbons (Fsp3) is 0.652. The molecule has 0 unspecified atom stereocenters.